The third-order valence-electron chi connectivity index (χ3n) is 4.23. The van der Waals surface area contributed by atoms with Gasteiger partial charge in [-0.3, -0.25) is 4.68 Å². The van der Waals surface area contributed by atoms with Gasteiger partial charge in [0.25, 0.3) is 0 Å². The first-order chi connectivity index (χ1) is 8.15. The van der Waals surface area contributed by atoms with E-state index in [9.17, 15) is 0 Å². The fourth-order valence-electron chi connectivity index (χ4n) is 2.58. The number of anilines is 2. The first kappa shape index (κ1) is 12.3. The van der Waals surface area contributed by atoms with E-state index in [4.69, 9.17) is 0 Å². The number of aryl methyl sites for hydroxylation is 2. The van der Waals surface area contributed by atoms with Crippen LogP contribution in [-0.2, 0) is 13.5 Å². The van der Waals surface area contributed by atoms with Crippen molar-refractivity contribution in [2.24, 2.45) is 12.5 Å². The molecule has 0 unspecified atom stereocenters. The van der Waals surface area contributed by atoms with Gasteiger partial charge in [-0.25, -0.2) is 0 Å². The molecule has 0 spiro atoms. The first-order valence-corrected chi connectivity index (χ1v) is 6.69. The first-order valence-electron chi connectivity index (χ1n) is 6.69. The summed E-state index contributed by atoms with van der Waals surface area (Å²) in [5, 5.41) is 11.7. The number of fused-ring (bicyclic) bond motifs is 1. The van der Waals surface area contributed by atoms with Gasteiger partial charge in [0, 0.05) is 25.6 Å². The van der Waals surface area contributed by atoms with Crippen molar-refractivity contribution >= 4 is 11.5 Å². The summed E-state index contributed by atoms with van der Waals surface area (Å²) in [4.78, 5) is 0. The van der Waals surface area contributed by atoms with Crippen molar-refractivity contribution in [2.75, 3.05) is 23.7 Å². The monoisotopic (exact) mass is 236 g/mol. The highest BCUT2D eigenvalue weighted by molar-refractivity contribution is 5.69. The lowest BCUT2D eigenvalue weighted by atomic mass is 9.82. The lowest BCUT2D eigenvalue weighted by Gasteiger charge is -2.30. The second-order valence-corrected chi connectivity index (χ2v) is 5.06. The molecule has 4 heteroatoms. The van der Waals surface area contributed by atoms with Crippen molar-refractivity contribution in [1.82, 2.24) is 9.78 Å². The molecule has 0 bridgehead atoms. The lowest BCUT2D eigenvalue weighted by molar-refractivity contribution is 0.306. The normalized spacial score (nSPS) is 17.9. The van der Waals surface area contributed by atoms with Crippen LogP contribution < -0.4 is 10.6 Å². The van der Waals surface area contributed by atoms with Gasteiger partial charge < -0.3 is 10.6 Å². The number of nitrogens with one attached hydrogen (secondary N) is 2. The van der Waals surface area contributed by atoms with E-state index in [2.05, 4.69) is 36.5 Å². The van der Waals surface area contributed by atoms with E-state index in [0.29, 0.717) is 5.41 Å². The standard InChI is InChI=1S/C13H24N4/c1-5-10-11-12(17(4)16-10)15-9-13(6-2,7-3)8-14-11/h14-15H,5-9H2,1-4H3. The Hall–Kier alpha value is -1.19. The molecule has 96 valence electrons. The van der Waals surface area contributed by atoms with Crippen LogP contribution in [0.1, 0.15) is 39.3 Å². The summed E-state index contributed by atoms with van der Waals surface area (Å²) in [6.07, 6.45) is 3.38. The summed E-state index contributed by atoms with van der Waals surface area (Å²) in [6.45, 7) is 8.78. The Kier molecular flexibility index (Phi) is 3.31. The molecule has 0 aromatic carbocycles. The Morgan fingerprint density at radius 3 is 2.41 bits per heavy atom. The summed E-state index contributed by atoms with van der Waals surface area (Å²) < 4.78 is 1.96. The summed E-state index contributed by atoms with van der Waals surface area (Å²) in [5.74, 6) is 1.14. The van der Waals surface area contributed by atoms with Crippen LogP contribution in [0.15, 0.2) is 0 Å². The van der Waals surface area contributed by atoms with Gasteiger partial charge in [0.2, 0.25) is 0 Å². The summed E-state index contributed by atoms with van der Waals surface area (Å²) in [6, 6.07) is 0. The van der Waals surface area contributed by atoms with E-state index >= 15 is 0 Å². The minimum Gasteiger partial charge on any atom is -0.380 e. The quantitative estimate of drug-likeness (QED) is 0.847. The van der Waals surface area contributed by atoms with Crippen molar-refractivity contribution in [2.45, 2.75) is 40.0 Å². The zero-order chi connectivity index (χ0) is 12.5. The Labute approximate surface area is 104 Å². The third-order valence-corrected chi connectivity index (χ3v) is 4.23. The average Bonchev–Trinajstić information content (AvgIpc) is 2.56. The molecule has 4 nitrogen and oxygen atoms in total. The Morgan fingerprint density at radius 1 is 1.18 bits per heavy atom. The van der Waals surface area contributed by atoms with Crippen LogP contribution in [0.2, 0.25) is 0 Å². The second-order valence-electron chi connectivity index (χ2n) is 5.06. The molecule has 0 saturated carbocycles. The highest BCUT2D eigenvalue weighted by Gasteiger charge is 2.30. The number of hydrogen-bond acceptors (Lipinski definition) is 3. The molecule has 2 N–H and O–H groups in total. The van der Waals surface area contributed by atoms with Gasteiger partial charge in [-0.2, -0.15) is 5.10 Å². The Morgan fingerprint density at radius 2 is 1.82 bits per heavy atom. The Balaban J connectivity index is 2.30. The van der Waals surface area contributed by atoms with Crippen molar-refractivity contribution in [3.8, 4) is 0 Å². The molecule has 17 heavy (non-hydrogen) atoms. The largest absolute Gasteiger partial charge is 0.380 e. The number of rotatable bonds is 3. The molecule has 0 atom stereocenters. The van der Waals surface area contributed by atoms with Crippen LogP contribution in [0.4, 0.5) is 11.5 Å². The van der Waals surface area contributed by atoms with E-state index < -0.39 is 0 Å². The molecule has 1 aliphatic heterocycles. The van der Waals surface area contributed by atoms with Crippen LogP contribution in [0.5, 0.6) is 0 Å². The highest BCUT2D eigenvalue weighted by atomic mass is 15.3. The van der Waals surface area contributed by atoms with Crippen LogP contribution in [0.25, 0.3) is 0 Å². The van der Waals surface area contributed by atoms with Crippen molar-refractivity contribution in [3.63, 3.8) is 0 Å². The van der Waals surface area contributed by atoms with Crippen LogP contribution >= 0.6 is 0 Å². The molecule has 0 amide bonds. The third kappa shape index (κ3) is 2.01. The fraction of sp³-hybridized carbons (Fsp3) is 0.769. The lowest BCUT2D eigenvalue weighted by Crippen LogP contribution is -2.33. The maximum Gasteiger partial charge on any atom is 0.148 e. The molecule has 1 aliphatic rings. The number of nitrogens with zero attached hydrogens (tertiary/aromatic N) is 2. The molecule has 1 aromatic heterocycles. The molecule has 0 saturated heterocycles. The number of hydrogen-bond donors (Lipinski definition) is 2. The molecule has 0 aliphatic carbocycles. The molecule has 2 rings (SSSR count). The van der Waals surface area contributed by atoms with E-state index in [-0.39, 0.29) is 0 Å². The van der Waals surface area contributed by atoms with Crippen molar-refractivity contribution in [1.29, 1.82) is 0 Å². The SMILES string of the molecule is CCc1nn(C)c2c1NCC(CC)(CC)CN2. The van der Waals surface area contributed by atoms with E-state index in [1.807, 2.05) is 11.7 Å². The summed E-state index contributed by atoms with van der Waals surface area (Å²) in [7, 11) is 2.01. The second kappa shape index (κ2) is 4.59. The van der Waals surface area contributed by atoms with Crippen LogP contribution in [0, 0.1) is 5.41 Å². The van der Waals surface area contributed by atoms with Gasteiger partial charge in [-0.1, -0.05) is 20.8 Å². The van der Waals surface area contributed by atoms with Gasteiger partial charge in [0.05, 0.1) is 5.69 Å². The summed E-state index contributed by atoms with van der Waals surface area (Å²) in [5.41, 5.74) is 2.74. The number of aromatic nitrogens is 2. The van der Waals surface area contributed by atoms with Crippen molar-refractivity contribution < 1.29 is 0 Å². The van der Waals surface area contributed by atoms with E-state index in [1.165, 1.54) is 18.5 Å². The molecular weight excluding hydrogens is 212 g/mol. The Bertz CT molecular complexity index is 390. The maximum absolute atomic E-state index is 4.54. The van der Waals surface area contributed by atoms with Crippen LogP contribution in [0.3, 0.4) is 0 Å². The smallest absolute Gasteiger partial charge is 0.148 e. The topological polar surface area (TPSA) is 41.9 Å². The zero-order valence-electron chi connectivity index (χ0n) is 11.4. The van der Waals surface area contributed by atoms with Gasteiger partial charge in [-0.15, -0.1) is 0 Å². The highest BCUT2D eigenvalue weighted by Crippen LogP contribution is 2.35. The fourth-order valence-corrected chi connectivity index (χ4v) is 2.58. The minimum atomic E-state index is 0.365. The molecule has 2 heterocycles. The predicted octanol–water partition coefficient (Wildman–Crippen LogP) is 2.63. The van der Waals surface area contributed by atoms with E-state index in [0.717, 1.165) is 31.0 Å². The maximum atomic E-state index is 4.54. The summed E-state index contributed by atoms with van der Waals surface area (Å²) >= 11 is 0. The van der Waals surface area contributed by atoms with Gasteiger partial charge in [0.15, 0.2) is 0 Å². The zero-order valence-corrected chi connectivity index (χ0v) is 11.4. The average molecular weight is 236 g/mol. The van der Waals surface area contributed by atoms with Gasteiger partial charge in [-0.05, 0) is 19.3 Å². The molecule has 0 radical (unpaired) electrons. The van der Waals surface area contributed by atoms with Gasteiger partial charge in [0.1, 0.15) is 11.5 Å². The minimum absolute atomic E-state index is 0.365. The van der Waals surface area contributed by atoms with Crippen molar-refractivity contribution in [3.05, 3.63) is 5.69 Å². The molecule has 0 fully saturated rings. The van der Waals surface area contributed by atoms with E-state index in [1.54, 1.807) is 0 Å². The molecule has 1 aromatic rings. The predicted molar refractivity (Wildman–Crippen MR) is 72.6 cm³/mol. The van der Waals surface area contributed by atoms with Crippen LogP contribution in [-0.4, -0.2) is 22.9 Å². The van der Waals surface area contributed by atoms with Gasteiger partial charge >= 0.3 is 0 Å². The molecular formula is C13H24N4.